The predicted octanol–water partition coefficient (Wildman–Crippen LogP) is -0.0434. The van der Waals surface area contributed by atoms with E-state index in [1.807, 2.05) is 0 Å². The van der Waals surface area contributed by atoms with Crippen LogP contribution in [0.25, 0.3) is 0 Å². The van der Waals surface area contributed by atoms with Gasteiger partial charge in [0.15, 0.2) is 0 Å². The third-order valence-electron chi connectivity index (χ3n) is 3.19. The molecule has 0 saturated carbocycles. The third-order valence-corrected chi connectivity index (χ3v) is 3.19. The molecule has 1 aromatic rings. The van der Waals surface area contributed by atoms with Gasteiger partial charge in [-0.1, -0.05) is 0 Å². The van der Waals surface area contributed by atoms with Gasteiger partial charge in [-0.25, -0.2) is 4.98 Å². The lowest BCUT2D eigenvalue weighted by atomic mass is 10.0. The topological polar surface area (TPSA) is 92.6 Å². The van der Waals surface area contributed by atoms with Crippen LogP contribution >= 0.6 is 0 Å². The minimum atomic E-state index is -0.961. The molecule has 19 heavy (non-hydrogen) atoms. The van der Waals surface area contributed by atoms with E-state index in [4.69, 9.17) is 9.84 Å². The number of aromatic nitrogens is 2. The number of carbonyl (C=O) groups is 2. The van der Waals surface area contributed by atoms with Crippen LogP contribution in [0.15, 0.2) is 12.4 Å². The highest BCUT2D eigenvalue weighted by Crippen LogP contribution is 2.20. The summed E-state index contributed by atoms with van der Waals surface area (Å²) in [7, 11) is 1.55. The van der Waals surface area contributed by atoms with E-state index in [9.17, 15) is 9.59 Å². The number of hydrogen-bond donors (Lipinski definition) is 1. The van der Waals surface area contributed by atoms with Gasteiger partial charge in [-0.3, -0.25) is 14.6 Å². The molecule has 0 spiro atoms. The van der Waals surface area contributed by atoms with Crippen LogP contribution in [0, 0.1) is 12.8 Å². The van der Waals surface area contributed by atoms with Gasteiger partial charge in [0, 0.05) is 13.2 Å². The second-order valence-electron chi connectivity index (χ2n) is 4.51. The van der Waals surface area contributed by atoms with Crippen molar-refractivity contribution in [1.29, 1.82) is 0 Å². The Morgan fingerprint density at radius 3 is 2.68 bits per heavy atom. The molecule has 1 N–H and O–H groups in total. The van der Waals surface area contributed by atoms with Gasteiger partial charge in [-0.15, -0.1) is 0 Å². The molecule has 2 atom stereocenters. The highest BCUT2D eigenvalue weighted by Gasteiger charge is 2.38. The molecular weight excluding hydrogens is 250 g/mol. The predicted molar refractivity (Wildman–Crippen MR) is 64.6 cm³/mol. The number of carboxylic acids is 1. The standard InChI is InChI=1S/C12H15N3O4/c1-7-3-14-9(4-13-7)11(16)15(2)10-6-19-5-8(10)12(17)18/h3-4,8,10H,5-6H2,1-2H3,(H,17,18). The number of aliphatic carboxylic acids is 1. The molecule has 0 aliphatic carbocycles. The van der Waals surface area contributed by atoms with Crippen LogP contribution in [0.4, 0.5) is 0 Å². The van der Waals surface area contributed by atoms with Crippen LogP contribution in [0.3, 0.4) is 0 Å². The maximum Gasteiger partial charge on any atom is 0.311 e. The van der Waals surface area contributed by atoms with Crippen LogP contribution in [-0.2, 0) is 9.53 Å². The number of likely N-dealkylation sites (N-methyl/N-ethyl adjacent to an activating group) is 1. The minimum absolute atomic E-state index is 0.122. The molecule has 2 unspecified atom stereocenters. The van der Waals surface area contributed by atoms with Crippen LogP contribution in [-0.4, -0.2) is 58.2 Å². The van der Waals surface area contributed by atoms with Crippen molar-refractivity contribution in [1.82, 2.24) is 14.9 Å². The van der Waals surface area contributed by atoms with Gasteiger partial charge in [-0.05, 0) is 6.92 Å². The van der Waals surface area contributed by atoms with Gasteiger partial charge >= 0.3 is 5.97 Å². The lowest BCUT2D eigenvalue weighted by Gasteiger charge is -2.25. The summed E-state index contributed by atoms with van der Waals surface area (Å²) in [4.78, 5) is 32.6. The molecule has 0 radical (unpaired) electrons. The zero-order chi connectivity index (χ0) is 14.0. The second kappa shape index (κ2) is 5.31. The van der Waals surface area contributed by atoms with Crippen molar-refractivity contribution in [3.8, 4) is 0 Å². The first-order valence-electron chi connectivity index (χ1n) is 5.87. The maximum atomic E-state index is 12.2. The Morgan fingerprint density at radius 1 is 1.37 bits per heavy atom. The van der Waals surface area contributed by atoms with Crippen molar-refractivity contribution in [2.45, 2.75) is 13.0 Å². The average Bonchev–Trinajstić information content (AvgIpc) is 2.87. The zero-order valence-electron chi connectivity index (χ0n) is 10.7. The number of hydrogen-bond acceptors (Lipinski definition) is 5. The van der Waals surface area contributed by atoms with E-state index in [2.05, 4.69) is 9.97 Å². The molecule has 0 bridgehead atoms. The normalized spacial score (nSPS) is 22.2. The average molecular weight is 265 g/mol. The summed E-state index contributed by atoms with van der Waals surface area (Å²) in [5, 5.41) is 9.08. The monoisotopic (exact) mass is 265 g/mol. The van der Waals surface area contributed by atoms with Gasteiger partial charge in [0.2, 0.25) is 0 Å². The van der Waals surface area contributed by atoms with Crippen LogP contribution < -0.4 is 0 Å². The number of nitrogens with zero attached hydrogens (tertiary/aromatic N) is 3. The number of ether oxygens (including phenoxy) is 1. The number of aryl methyl sites for hydroxylation is 1. The van der Waals surface area contributed by atoms with Crippen molar-refractivity contribution in [2.24, 2.45) is 5.92 Å². The van der Waals surface area contributed by atoms with Crippen LogP contribution in [0.1, 0.15) is 16.2 Å². The molecule has 2 rings (SSSR count). The van der Waals surface area contributed by atoms with Crippen molar-refractivity contribution >= 4 is 11.9 Å². The molecule has 1 amide bonds. The van der Waals surface area contributed by atoms with E-state index in [0.29, 0.717) is 5.69 Å². The summed E-state index contributed by atoms with van der Waals surface area (Å²) in [5.41, 5.74) is 0.913. The van der Waals surface area contributed by atoms with Crippen LogP contribution in [0.5, 0.6) is 0 Å². The molecule has 1 saturated heterocycles. The van der Waals surface area contributed by atoms with Crippen molar-refractivity contribution < 1.29 is 19.4 Å². The molecule has 102 valence electrons. The summed E-state index contributed by atoms with van der Waals surface area (Å²) in [6, 6.07) is -0.479. The minimum Gasteiger partial charge on any atom is -0.481 e. The fraction of sp³-hybridized carbons (Fsp3) is 0.500. The Bertz CT molecular complexity index is 488. The summed E-state index contributed by atoms with van der Waals surface area (Å²) < 4.78 is 5.15. The van der Waals surface area contributed by atoms with E-state index in [-0.39, 0.29) is 24.8 Å². The maximum absolute atomic E-state index is 12.2. The van der Waals surface area contributed by atoms with Gasteiger partial charge in [0.05, 0.1) is 31.1 Å². The quantitative estimate of drug-likeness (QED) is 0.824. The molecule has 7 heteroatoms. The van der Waals surface area contributed by atoms with Crippen molar-refractivity contribution in [3.05, 3.63) is 23.8 Å². The van der Waals surface area contributed by atoms with E-state index in [1.165, 1.54) is 17.3 Å². The third kappa shape index (κ3) is 2.70. The van der Waals surface area contributed by atoms with Gasteiger partial charge in [0.25, 0.3) is 5.91 Å². The molecule has 1 aliphatic heterocycles. The van der Waals surface area contributed by atoms with E-state index < -0.39 is 17.9 Å². The molecular formula is C12H15N3O4. The number of carbonyl (C=O) groups excluding carboxylic acids is 1. The second-order valence-corrected chi connectivity index (χ2v) is 4.51. The Hall–Kier alpha value is -2.02. The molecule has 0 aromatic carbocycles. The Morgan fingerprint density at radius 2 is 2.11 bits per heavy atom. The van der Waals surface area contributed by atoms with Gasteiger partial charge in [0.1, 0.15) is 11.6 Å². The van der Waals surface area contributed by atoms with Crippen molar-refractivity contribution in [2.75, 3.05) is 20.3 Å². The first-order chi connectivity index (χ1) is 9.00. The number of carboxylic acid groups (broad SMARTS) is 1. The Labute approximate surface area is 110 Å². The molecule has 7 nitrogen and oxygen atoms in total. The summed E-state index contributed by atoms with van der Waals surface area (Å²) in [5.74, 6) is -2.02. The summed E-state index contributed by atoms with van der Waals surface area (Å²) in [6.45, 7) is 2.12. The van der Waals surface area contributed by atoms with E-state index >= 15 is 0 Å². The van der Waals surface area contributed by atoms with Crippen LogP contribution in [0.2, 0.25) is 0 Å². The summed E-state index contributed by atoms with van der Waals surface area (Å²) >= 11 is 0. The Kier molecular flexibility index (Phi) is 3.75. The fourth-order valence-electron chi connectivity index (χ4n) is 1.99. The highest BCUT2D eigenvalue weighted by atomic mass is 16.5. The van der Waals surface area contributed by atoms with E-state index in [0.717, 1.165) is 0 Å². The lowest BCUT2D eigenvalue weighted by Crippen LogP contribution is -2.44. The first-order valence-corrected chi connectivity index (χ1v) is 5.87. The lowest BCUT2D eigenvalue weighted by molar-refractivity contribution is -0.142. The fourth-order valence-corrected chi connectivity index (χ4v) is 1.99. The van der Waals surface area contributed by atoms with Gasteiger partial charge in [-0.2, -0.15) is 0 Å². The van der Waals surface area contributed by atoms with Crippen molar-refractivity contribution in [3.63, 3.8) is 0 Å². The van der Waals surface area contributed by atoms with E-state index in [1.54, 1.807) is 14.0 Å². The number of rotatable bonds is 3. The molecule has 1 aliphatic rings. The summed E-state index contributed by atoms with van der Waals surface area (Å²) in [6.07, 6.45) is 2.89. The largest absolute Gasteiger partial charge is 0.481 e. The SMILES string of the molecule is Cc1cnc(C(=O)N(C)C2COCC2C(=O)O)cn1. The molecule has 1 fully saturated rings. The molecule has 2 heterocycles. The first kappa shape index (κ1) is 13.4. The van der Waals surface area contributed by atoms with Gasteiger partial charge < -0.3 is 14.7 Å². The highest BCUT2D eigenvalue weighted by molar-refractivity contribution is 5.92. The number of amides is 1. The zero-order valence-corrected chi connectivity index (χ0v) is 10.7. The Balaban J connectivity index is 2.14. The smallest absolute Gasteiger partial charge is 0.311 e. The molecule has 1 aromatic heterocycles.